The van der Waals surface area contributed by atoms with Crippen molar-refractivity contribution in [3.05, 3.63) is 23.2 Å². The SMILES string of the molecule is COc1ccc(Cl)cc1NCC(=O)N(C)CCC(=O)O. The predicted octanol–water partition coefficient (Wildman–Crippen LogP) is 1.69. The van der Waals surface area contributed by atoms with Crippen LogP contribution in [0.3, 0.4) is 0 Å². The second-order valence-corrected chi connectivity index (χ2v) is 4.59. The van der Waals surface area contributed by atoms with Gasteiger partial charge in [0.1, 0.15) is 5.75 Å². The number of nitrogens with one attached hydrogen (secondary N) is 1. The Balaban J connectivity index is 2.56. The van der Waals surface area contributed by atoms with E-state index in [9.17, 15) is 9.59 Å². The highest BCUT2D eigenvalue weighted by atomic mass is 35.5. The van der Waals surface area contributed by atoms with Gasteiger partial charge in [-0.1, -0.05) is 11.6 Å². The first-order valence-corrected chi connectivity index (χ1v) is 6.35. The van der Waals surface area contributed by atoms with Crippen LogP contribution in [0.25, 0.3) is 0 Å². The number of hydrogen-bond acceptors (Lipinski definition) is 4. The van der Waals surface area contributed by atoms with Crippen LogP contribution in [0.1, 0.15) is 6.42 Å². The third kappa shape index (κ3) is 4.97. The number of aliphatic carboxylic acids is 1. The summed E-state index contributed by atoms with van der Waals surface area (Å²) in [4.78, 5) is 23.6. The maximum atomic E-state index is 11.8. The molecular weight excluding hydrogens is 284 g/mol. The minimum Gasteiger partial charge on any atom is -0.495 e. The number of carboxylic acids is 1. The molecule has 110 valence electrons. The molecule has 1 rings (SSSR count). The Labute approximate surface area is 122 Å². The van der Waals surface area contributed by atoms with Gasteiger partial charge in [-0.3, -0.25) is 9.59 Å². The number of rotatable bonds is 7. The first kappa shape index (κ1) is 16.1. The van der Waals surface area contributed by atoms with E-state index in [4.69, 9.17) is 21.4 Å². The van der Waals surface area contributed by atoms with E-state index in [2.05, 4.69) is 5.32 Å². The Morgan fingerprint density at radius 3 is 2.75 bits per heavy atom. The molecule has 0 heterocycles. The molecule has 2 N–H and O–H groups in total. The molecule has 0 atom stereocenters. The normalized spacial score (nSPS) is 9.95. The minimum atomic E-state index is -0.936. The van der Waals surface area contributed by atoms with Gasteiger partial charge in [-0.15, -0.1) is 0 Å². The number of carbonyl (C=O) groups excluding carboxylic acids is 1. The molecule has 1 aromatic carbocycles. The van der Waals surface area contributed by atoms with E-state index in [-0.39, 0.29) is 25.4 Å². The smallest absolute Gasteiger partial charge is 0.305 e. The number of anilines is 1. The fourth-order valence-electron chi connectivity index (χ4n) is 1.51. The van der Waals surface area contributed by atoms with Crippen molar-refractivity contribution in [3.8, 4) is 5.75 Å². The Bertz CT molecular complexity index is 493. The van der Waals surface area contributed by atoms with Crippen molar-refractivity contribution in [3.63, 3.8) is 0 Å². The lowest BCUT2D eigenvalue weighted by Gasteiger charge is -2.17. The summed E-state index contributed by atoms with van der Waals surface area (Å²) >= 11 is 5.88. The van der Waals surface area contributed by atoms with Crippen molar-refractivity contribution < 1.29 is 19.4 Å². The van der Waals surface area contributed by atoms with Crippen molar-refractivity contribution in [1.29, 1.82) is 0 Å². The summed E-state index contributed by atoms with van der Waals surface area (Å²) in [7, 11) is 3.08. The number of carboxylic acid groups (broad SMARTS) is 1. The third-order valence-corrected chi connectivity index (χ3v) is 2.91. The van der Waals surface area contributed by atoms with Crippen LogP contribution in [0.5, 0.6) is 5.75 Å². The molecule has 0 fully saturated rings. The van der Waals surface area contributed by atoms with Crippen molar-refractivity contribution in [2.75, 3.05) is 32.6 Å². The number of halogens is 1. The van der Waals surface area contributed by atoms with Crippen LogP contribution in [-0.2, 0) is 9.59 Å². The molecule has 0 unspecified atom stereocenters. The number of hydrogen-bond donors (Lipinski definition) is 2. The van der Waals surface area contributed by atoms with Crippen molar-refractivity contribution in [2.24, 2.45) is 0 Å². The second kappa shape index (κ2) is 7.59. The molecule has 0 bridgehead atoms. The van der Waals surface area contributed by atoms with E-state index in [1.54, 1.807) is 25.2 Å². The zero-order valence-corrected chi connectivity index (χ0v) is 12.1. The molecule has 0 aliphatic heterocycles. The molecule has 1 aromatic rings. The maximum Gasteiger partial charge on any atom is 0.305 e. The molecule has 6 nitrogen and oxygen atoms in total. The first-order chi connectivity index (χ1) is 9.43. The van der Waals surface area contributed by atoms with E-state index >= 15 is 0 Å². The standard InChI is InChI=1S/C13H17ClN2O4/c1-16(6-5-13(18)19)12(17)8-15-10-7-9(14)3-4-11(10)20-2/h3-4,7,15H,5-6,8H2,1-2H3,(H,18,19). The number of benzene rings is 1. The summed E-state index contributed by atoms with van der Waals surface area (Å²) in [6.45, 7) is 0.204. The average Bonchev–Trinajstić information content (AvgIpc) is 2.42. The Hall–Kier alpha value is -1.95. The summed E-state index contributed by atoms with van der Waals surface area (Å²) in [6, 6.07) is 5.04. The van der Waals surface area contributed by atoms with Gasteiger partial charge >= 0.3 is 5.97 Å². The fraction of sp³-hybridized carbons (Fsp3) is 0.385. The number of methoxy groups -OCH3 is 1. The molecule has 0 saturated carbocycles. The average molecular weight is 301 g/mol. The van der Waals surface area contributed by atoms with Gasteiger partial charge in [-0.2, -0.15) is 0 Å². The lowest BCUT2D eigenvalue weighted by atomic mass is 10.3. The van der Waals surface area contributed by atoms with E-state index in [0.29, 0.717) is 16.5 Å². The van der Waals surface area contributed by atoms with Gasteiger partial charge < -0.3 is 20.1 Å². The van der Waals surface area contributed by atoms with E-state index in [0.717, 1.165) is 0 Å². The van der Waals surface area contributed by atoms with Gasteiger partial charge in [0, 0.05) is 18.6 Å². The summed E-state index contributed by atoms with van der Waals surface area (Å²) < 4.78 is 5.15. The second-order valence-electron chi connectivity index (χ2n) is 4.16. The lowest BCUT2D eigenvalue weighted by Crippen LogP contribution is -2.33. The van der Waals surface area contributed by atoms with Gasteiger partial charge in [0.05, 0.1) is 25.8 Å². The molecule has 0 aromatic heterocycles. The molecule has 0 aliphatic carbocycles. The van der Waals surface area contributed by atoms with Crippen LogP contribution in [0, 0.1) is 0 Å². The monoisotopic (exact) mass is 300 g/mol. The molecule has 0 radical (unpaired) electrons. The molecule has 0 saturated heterocycles. The number of ether oxygens (including phenoxy) is 1. The van der Waals surface area contributed by atoms with Gasteiger partial charge in [-0.25, -0.2) is 0 Å². The largest absolute Gasteiger partial charge is 0.495 e. The fourth-order valence-corrected chi connectivity index (χ4v) is 1.68. The number of amides is 1. The molecule has 1 amide bonds. The number of nitrogens with zero attached hydrogens (tertiary/aromatic N) is 1. The van der Waals surface area contributed by atoms with Gasteiger partial charge in [0.2, 0.25) is 5.91 Å². The van der Waals surface area contributed by atoms with Gasteiger partial charge in [0.15, 0.2) is 0 Å². The van der Waals surface area contributed by atoms with Crippen molar-refractivity contribution in [2.45, 2.75) is 6.42 Å². The quantitative estimate of drug-likeness (QED) is 0.801. The Morgan fingerprint density at radius 1 is 1.45 bits per heavy atom. The van der Waals surface area contributed by atoms with Gasteiger partial charge in [-0.05, 0) is 18.2 Å². The van der Waals surface area contributed by atoms with Crippen LogP contribution in [-0.4, -0.2) is 49.1 Å². The van der Waals surface area contributed by atoms with E-state index < -0.39 is 5.97 Å². The highest BCUT2D eigenvalue weighted by Gasteiger charge is 2.11. The Morgan fingerprint density at radius 2 is 2.15 bits per heavy atom. The van der Waals surface area contributed by atoms with Gasteiger partial charge in [0.25, 0.3) is 0 Å². The minimum absolute atomic E-state index is 0.0345. The van der Waals surface area contributed by atoms with Crippen LogP contribution < -0.4 is 10.1 Å². The highest BCUT2D eigenvalue weighted by molar-refractivity contribution is 6.30. The van der Waals surface area contributed by atoms with Crippen molar-refractivity contribution in [1.82, 2.24) is 4.90 Å². The van der Waals surface area contributed by atoms with Crippen molar-refractivity contribution >= 4 is 29.2 Å². The first-order valence-electron chi connectivity index (χ1n) is 5.97. The summed E-state index contributed by atoms with van der Waals surface area (Å²) in [6.07, 6.45) is -0.0806. The Kier molecular flexibility index (Phi) is 6.11. The molecule has 0 aliphatic rings. The topological polar surface area (TPSA) is 78.9 Å². The zero-order valence-electron chi connectivity index (χ0n) is 11.4. The number of carbonyl (C=O) groups is 2. The third-order valence-electron chi connectivity index (χ3n) is 2.68. The number of likely N-dealkylation sites (N-methyl/N-ethyl adjacent to an activating group) is 1. The molecular formula is C13H17ClN2O4. The van der Waals surface area contributed by atoms with Crippen LogP contribution in [0.2, 0.25) is 5.02 Å². The summed E-state index contributed by atoms with van der Waals surface area (Å²) in [5, 5.41) is 12.0. The van der Waals surface area contributed by atoms with Crippen LogP contribution in [0.15, 0.2) is 18.2 Å². The predicted molar refractivity (Wildman–Crippen MR) is 76.4 cm³/mol. The maximum absolute atomic E-state index is 11.8. The van der Waals surface area contributed by atoms with Crippen LogP contribution >= 0.6 is 11.6 Å². The molecule has 7 heteroatoms. The van der Waals surface area contributed by atoms with Crippen LogP contribution in [0.4, 0.5) is 5.69 Å². The van der Waals surface area contributed by atoms with E-state index in [1.165, 1.54) is 12.0 Å². The summed E-state index contributed by atoms with van der Waals surface area (Å²) in [5.74, 6) is -0.571. The van der Waals surface area contributed by atoms with E-state index in [1.807, 2.05) is 0 Å². The highest BCUT2D eigenvalue weighted by Crippen LogP contribution is 2.27. The summed E-state index contributed by atoms with van der Waals surface area (Å²) in [5.41, 5.74) is 0.611. The molecule has 0 spiro atoms. The zero-order chi connectivity index (χ0) is 15.1. The lowest BCUT2D eigenvalue weighted by molar-refractivity contribution is -0.138. The molecule has 20 heavy (non-hydrogen) atoms.